The molecule has 0 radical (unpaired) electrons. The summed E-state index contributed by atoms with van der Waals surface area (Å²) in [6, 6.07) is 4.17. The molecule has 0 aromatic carbocycles. The zero-order chi connectivity index (χ0) is 21.8. The van der Waals surface area contributed by atoms with Crippen LogP contribution >= 0.6 is 0 Å². The molecule has 0 saturated carbocycles. The topological polar surface area (TPSA) is 100 Å². The van der Waals surface area contributed by atoms with E-state index in [1.54, 1.807) is 27.7 Å². The van der Waals surface area contributed by atoms with Crippen molar-refractivity contribution in [2.75, 3.05) is 0 Å². The number of nitriles is 2. The molecule has 0 amide bonds. The molecule has 0 heterocycles. The molecular formula is C22H32N2O4. The lowest BCUT2D eigenvalue weighted by Gasteiger charge is -2.26. The lowest BCUT2D eigenvalue weighted by molar-refractivity contribution is -0.155. The number of hydrogen-bond acceptors (Lipinski definition) is 6. The van der Waals surface area contributed by atoms with Crippen LogP contribution in [0, 0.1) is 46.3 Å². The Kier molecular flexibility index (Phi) is 11.0. The van der Waals surface area contributed by atoms with Gasteiger partial charge in [0.25, 0.3) is 0 Å². The monoisotopic (exact) mass is 388 g/mol. The van der Waals surface area contributed by atoms with E-state index in [1.165, 1.54) is 0 Å². The second-order valence-corrected chi connectivity index (χ2v) is 7.50. The highest BCUT2D eigenvalue weighted by Crippen LogP contribution is 2.21. The summed E-state index contributed by atoms with van der Waals surface area (Å²) in [6.45, 7) is 10.7. The Morgan fingerprint density at radius 3 is 1.39 bits per heavy atom. The van der Waals surface area contributed by atoms with Crippen molar-refractivity contribution in [3.63, 3.8) is 0 Å². The second-order valence-electron chi connectivity index (χ2n) is 7.50. The van der Waals surface area contributed by atoms with Crippen LogP contribution < -0.4 is 0 Å². The van der Waals surface area contributed by atoms with Crippen LogP contribution in [0.25, 0.3) is 0 Å². The van der Waals surface area contributed by atoms with E-state index in [2.05, 4.69) is 24.0 Å². The first-order valence-electron chi connectivity index (χ1n) is 9.80. The van der Waals surface area contributed by atoms with Crippen LogP contribution in [0.1, 0.15) is 80.1 Å². The smallest absolute Gasteiger partial charge is 0.307 e. The molecule has 4 atom stereocenters. The van der Waals surface area contributed by atoms with E-state index in [0.29, 0.717) is 25.7 Å². The first-order chi connectivity index (χ1) is 13.0. The van der Waals surface area contributed by atoms with Gasteiger partial charge in [-0.15, -0.1) is 0 Å². The van der Waals surface area contributed by atoms with E-state index in [-0.39, 0.29) is 24.7 Å². The lowest BCUT2D eigenvalue weighted by atomic mass is 9.98. The molecule has 0 spiro atoms. The maximum atomic E-state index is 12.1. The molecule has 6 nitrogen and oxygen atoms in total. The summed E-state index contributed by atoms with van der Waals surface area (Å²) >= 11 is 0. The predicted molar refractivity (Wildman–Crippen MR) is 105 cm³/mol. The quantitative estimate of drug-likeness (QED) is 0.409. The molecule has 0 fully saturated rings. The number of rotatable bonds is 10. The van der Waals surface area contributed by atoms with Gasteiger partial charge in [-0.25, -0.2) is 0 Å². The van der Waals surface area contributed by atoms with E-state index in [4.69, 9.17) is 20.0 Å². The molecule has 154 valence electrons. The summed E-state index contributed by atoms with van der Waals surface area (Å²) in [5.41, 5.74) is -1.99. The van der Waals surface area contributed by atoms with Gasteiger partial charge in [0.1, 0.15) is 0 Å². The van der Waals surface area contributed by atoms with Crippen LogP contribution in [0.4, 0.5) is 0 Å². The summed E-state index contributed by atoms with van der Waals surface area (Å²) in [5, 5.41) is 17.6. The van der Waals surface area contributed by atoms with Crippen LogP contribution in [0.15, 0.2) is 0 Å². The SMILES string of the molecule is CCC(C)(C#CC(C)(CC)OC(=O)CCC(C)C#N)OC(=O)CCC(C)C#N. The fourth-order valence-electron chi connectivity index (χ4n) is 2.04. The van der Waals surface area contributed by atoms with Gasteiger partial charge >= 0.3 is 11.9 Å². The van der Waals surface area contributed by atoms with Gasteiger partial charge in [0.2, 0.25) is 0 Å². The van der Waals surface area contributed by atoms with Crippen molar-refractivity contribution in [2.45, 2.75) is 91.3 Å². The molecule has 6 heteroatoms. The van der Waals surface area contributed by atoms with Crippen LogP contribution in [0.2, 0.25) is 0 Å². The van der Waals surface area contributed by atoms with Crippen molar-refractivity contribution in [1.29, 1.82) is 10.5 Å². The highest BCUT2D eigenvalue weighted by molar-refractivity contribution is 5.71. The fourth-order valence-corrected chi connectivity index (χ4v) is 2.04. The number of hydrogen-bond donors (Lipinski definition) is 0. The van der Waals surface area contributed by atoms with Crippen molar-refractivity contribution < 1.29 is 19.1 Å². The lowest BCUT2D eigenvalue weighted by Crippen LogP contribution is -2.33. The largest absolute Gasteiger partial charge is 0.446 e. The Morgan fingerprint density at radius 2 is 1.14 bits per heavy atom. The summed E-state index contributed by atoms with van der Waals surface area (Å²) in [7, 11) is 0. The van der Waals surface area contributed by atoms with Crippen molar-refractivity contribution in [3.05, 3.63) is 0 Å². The zero-order valence-corrected chi connectivity index (χ0v) is 17.9. The van der Waals surface area contributed by atoms with Gasteiger partial charge in [-0.1, -0.05) is 25.7 Å². The van der Waals surface area contributed by atoms with Crippen molar-refractivity contribution in [3.8, 4) is 24.0 Å². The van der Waals surface area contributed by atoms with Gasteiger partial charge < -0.3 is 9.47 Å². The van der Waals surface area contributed by atoms with Crippen LogP contribution in [-0.2, 0) is 19.1 Å². The molecule has 0 aliphatic rings. The Hall–Kier alpha value is -2.52. The molecule has 28 heavy (non-hydrogen) atoms. The summed E-state index contributed by atoms with van der Waals surface area (Å²) < 4.78 is 11.0. The molecule has 0 bridgehead atoms. The van der Waals surface area contributed by atoms with Gasteiger partial charge in [-0.05, 0) is 53.4 Å². The third-order valence-corrected chi connectivity index (χ3v) is 4.62. The Balaban J connectivity index is 5.04. The van der Waals surface area contributed by atoms with Crippen molar-refractivity contribution in [1.82, 2.24) is 0 Å². The minimum atomic E-state index is -0.995. The maximum Gasteiger partial charge on any atom is 0.307 e. The van der Waals surface area contributed by atoms with E-state index in [9.17, 15) is 9.59 Å². The number of esters is 2. The van der Waals surface area contributed by atoms with Crippen molar-refractivity contribution >= 4 is 11.9 Å². The molecule has 0 aromatic rings. The van der Waals surface area contributed by atoms with E-state index in [1.807, 2.05) is 13.8 Å². The van der Waals surface area contributed by atoms with E-state index < -0.39 is 23.1 Å². The molecule has 0 aliphatic heterocycles. The Bertz CT molecular complexity index is 623. The highest BCUT2D eigenvalue weighted by Gasteiger charge is 2.28. The van der Waals surface area contributed by atoms with Gasteiger partial charge in [0.15, 0.2) is 11.2 Å². The number of carbonyl (C=O) groups excluding carboxylic acids is 2. The molecule has 0 N–H and O–H groups in total. The van der Waals surface area contributed by atoms with Gasteiger partial charge in [0.05, 0.1) is 12.1 Å². The normalized spacial score (nSPS) is 16.6. The molecule has 0 aliphatic carbocycles. The zero-order valence-electron chi connectivity index (χ0n) is 17.9. The third-order valence-electron chi connectivity index (χ3n) is 4.62. The standard InChI is InChI=1S/C22H32N2O4/c1-7-21(5,27-19(25)11-9-17(3)15-23)13-14-22(6,8-2)28-20(26)12-10-18(4)16-24/h17-18H,7-12H2,1-6H3. The molecule has 0 saturated heterocycles. The minimum absolute atomic E-state index is 0.156. The van der Waals surface area contributed by atoms with E-state index >= 15 is 0 Å². The van der Waals surface area contributed by atoms with Crippen molar-refractivity contribution in [2.24, 2.45) is 11.8 Å². The Morgan fingerprint density at radius 1 is 0.821 bits per heavy atom. The summed E-state index contributed by atoms with van der Waals surface area (Å²) in [6.07, 6.45) is 2.15. The predicted octanol–water partition coefficient (Wildman–Crippen LogP) is 4.29. The minimum Gasteiger partial charge on any atom is -0.446 e. The average molecular weight is 389 g/mol. The fraction of sp³-hybridized carbons (Fsp3) is 0.727. The summed E-state index contributed by atoms with van der Waals surface area (Å²) in [4.78, 5) is 24.2. The first-order valence-corrected chi connectivity index (χ1v) is 9.80. The molecule has 0 rings (SSSR count). The summed E-state index contributed by atoms with van der Waals surface area (Å²) in [5.74, 6) is 4.70. The average Bonchev–Trinajstić information content (AvgIpc) is 2.68. The Labute approximate surface area is 169 Å². The van der Waals surface area contributed by atoms with E-state index in [0.717, 1.165) is 0 Å². The number of ether oxygens (including phenoxy) is 2. The van der Waals surface area contributed by atoms with Crippen LogP contribution in [0.3, 0.4) is 0 Å². The van der Waals surface area contributed by atoms with Crippen LogP contribution in [-0.4, -0.2) is 23.1 Å². The van der Waals surface area contributed by atoms with Gasteiger partial charge in [-0.2, -0.15) is 10.5 Å². The number of carbonyl (C=O) groups is 2. The second kappa shape index (κ2) is 12.0. The number of nitrogens with zero attached hydrogens (tertiary/aromatic N) is 2. The molecular weight excluding hydrogens is 356 g/mol. The maximum absolute atomic E-state index is 12.1. The van der Waals surface area contributed by atoms with Crippen LogP contribution in [0.5, 0.6) is 0 Å². The highest BCUT2D eigenvalue weighted by atomic mass is 16.6. The molecule has 0 aromatic heterocycles. The third kappa shape index (κ3) is 9.98. The first kappa shape index (κ1) is 25.5. The van der Waals surface area contributed by atoms with Gasteiger partial charge in [-0.3, -0.25) is 9.59 Å². The van der Waals surface area contributed by atoms with Gasteiger partial charge in [0, 0.05) is 24.7 Å². The molecule has 4 unspecified atom stereocenters.